The third kappa shape index (κ3) is 3.44. The van der Waals surface area contributed by atoms with Crippen LogP contribution < -0.4 is 5.32 Å². The van der Waals surface area contributed by atoms with Crippen molar-refractivity contribution >= 4 is 37.3 Å². The zero-order valence-corrected chi connectivity index (χ0v) is 15.1. The molecule has 2 heterocycles. The molecule has 0 aromatic carbocycles. The second-order valence-electron chi connectivity index (χ2n) is 5.19. The van der Waals surface area contributed by atoms with Crippen LogP contribution >= 0.6 is 27.3 Å². The molecule has 1 unspecified atom stereocenters. The summed E-state index contributed by atoms with van der Waals surface area (Å²) in [6.07, 6.45) is 3.22. The predicted octanol–water partition coefficient (Wildman–Crippen LogP) is 3.04. The van der Waals surface area contributed by atoms with Gasteiger partial charge in [0.05, 0.1) is 3.79 Å². The zero-order valence-electron chi connectivity index (χ0n) is 11.9. The summed E-state index contributed by atoms with van der Waals surface area (Å²) in [6, 6.07) is 1.79. The third-order valence-electron chi connectivity index (χ3n) is 3.62. The fraction of sp³-hybridized carbons (Fsp3) is 0.692. The minimum Gasteiger partial charge on any atom is -0.315 e. The molecule has 1 fully saturated rings. The van der Waals surface area contributed by atoms with E-state index in [2.05, 4.69) is 28.2 Å². The van der Waals surface area contributed by atoms with Gasteiger partial charge in [-0.3, -0.25) is 0 Å². The molecule has 0 bridgehead atoms. The van der Waals surface area contributed by atoms with Crippen molar-refractivity contribution in [2.75, 3.05) is 20.1 Å². The molecule has 7 heteroatoms. The van der Waals surface area contributed by atoms with Gasteiger partial charge >= 0.3 is 0 Å². The second-order valence-corrected chi connectivity index (χ2v) is 9.55. The van der Waals surface area contributed by atoms with Gasteiger partial charge in [0, 0.05) is 24.5 Å². The third-order valence-corrected chi connectivity index (χ3v) is 7.74. The molecule has 114 valence electrons. The Hall–Kier alpha value is 0.0500. The summed E-state index contributed by atoms with van der Waals surface area (Å²) in [6.45, 7) is 4.16. The van der Waals surface area contributed by atoms with Crippen molar-refractivity contribution in [3.63, 3.8) is 0 Å². The van der Waals surface area contributed by atoms with Crippen molar-refractivity contribution < 1.29 is 8.42 Å². The van der Waals surface area contributed by atoms with Crippen LogP contribution in [0.2, 0.25) is 0 Å². The lowest BCUT2D eigenvalue weighted by Crippen LogP contribution is -2.28. The van der Waals surface area contributed by atoms with Crippen LogP contribution in [0.25, 0.3) is 0 Å². The average Bonchev–Trinajstić information content (AvgIpc) is 2.98. The Balaban J connectivity index is 2.18. The molecule has 4 nitrogen and oxygen atoms in total. The molecule has 0 aliphatic carbocycles. The van der Waals surface area contributed by atoms with Crippen molar-refractivity contribution in [1.82, 2.24) is 9.62 Å². The lowest BCUT2D eigenvalue weighted by molar-refractivity contribution is 0.444. The summed E-state index contributed by atoms with van der Waals surface area (Å²) in [7, 11) is -1.49. The Morgan fingerprint density at radius 1 is 1.55 bits per heavy atom. The van der Waals surface area contributed by atoms with E-state index in [1.165, 1.54) is 11.3 Å². The maximum absolute atomic E-state index is 12.7. The SMILES string of the molecule is CCCC1CCN(S(=O)(=O)c2cc(CNC)sc2Br)C1. The van der Waals surface area contributed by atoms with Gasteiger partial charge in [-0.25, -0.2) is 8.42 Å². The Morgan fingerprint density at radius 2 is 2.30 bits per heavy atom. The summed E-state index contributed by atoms with van der Waals surface area (Å²) < 4.78 is 27.8. The van der Waals surface area contributed by atoms with Crippen LogP contribution in [0, 0.1) is 5.92 Å². The first kappa shape index (κ1) is 16.4. The van der Waals surface area contributed by atoms with Crippen molar-refractivity contribution in [3.8, 4) is 0 Å². The summed E-state index contributed by atoms with van der Waals surface area (Å²) in [4.78, 5) is 1.45. The van der Waals surface area contributed by atoms with Crippen LogP contribution in [-0.2, 0) is 16.6 Å². The van der Waals surface area contributed by atoms with Crippen LogP contribution in [0.15, 0.2) is 14.7 Å². The molecule has 1 aromatic rings. The maximum atomic E-state index is 12.7. The van der Waals surface area contributed by atoms with E-state index in [4.69, 9.17) is 0 Å². The van der Waals surface area contributed by atoms with Crippen molar-refractivity contribution in [3.05, 3.63) is 14.7 Å². The van der Waals surface area contributed by atoms with Gasteiger partial charge in [-0.05, 0) is 47.8 Å². The van der Waals surface area contributed by atoms with E-state index in [1.807, 2.05) is 7.05 Å². The number of sulfonamides is 1. The molecule has 0 spiro atoms. The Morgan fingerprint density at radius 3 is 2.95 bits per heavy atom. The van der Waals surface area contributed by atoms with Gasteiger partial charge in [-0.15, -0.1) is 11.3 Å². The molecule has 20 heavy (non-hydrogen) atoms. The molecule has 1 N–H and O–H groups in total. The minimum absolute atomic E-state index is 0.421. The highest BCUT2D eigenvalue weighted by Gasteiger charge is 2.34. The summed E-state index contributed by atoms with van der Waals surface area (Å²) in [5, 5.41) is 3.05. The quantitative estimate of drug-likeness (QED) is 0.824. The number of halogens is 1. The summed E-state index contributed by atoms with van der Waals surface area (Å²) in [5.74, 6) is 0.518. The first-order valence-electron chi connectivity index (χ1n) is 6.92. The van der Waals surface area contributed by atoms with Gasteiger partial charge in [-0.1, -0.05) is 13.3 Å². The summed E-state index contributed by atoms with van der Waals surface area (Å²) in [5.41, 5.74) is 0. The number of nitrogens with one attached hydrogen (secondary N) is 1. The lowest BCUT2D eigenvalue weighted by Gasteiger charge is -2.16. The molecule has 0 saturated carbocycles. The van der Waals surface area contributed by atoms with E-state index in [-0.39, 0.29) is 0 Å². The van der Waals surface area contributed by atoms with Crippen LogP contribution in [-0.4, -0.2) is 32.9 Å². The second kappa shape index (κ2) is 6.87. The zero-order chi connectivity index (χ0) is 14.8. The normalized spacial score (nSPS) is 20.6. The lowest BCUT2D eigenvalue weighted by atomic mass is 10.0. The van der Waals surface area contributed by atoms with E-state index in [1.54, 1.807) is 10.4 Å². The molecule has 1 aliphatic rings. The largest absolute Gasteiger partial charge is 0.315 e. The smallest absolute Gasteiger partial charge is 0.245 e. The number of thiophene rings is 1. The van der Waals surface area contributed by atoms with E-state index in [0.29, 0.717) is 34.2 Å². The molecule has 1 saturated heterocycles. The molecule has 1 aromatic heterocycles. The fourth-order valence-corrected chi connectivity index (χ4v) is 6.81. The molecular formula is C13H21BrN2O2S2. The molecule has 0 amide bonds. The molecule has 2 rings (SSSR count). The topological polar surface area (TPSA) is 49.4 Å². The van der Waals surface area contributed by atoms with E-state index >= 15 is 0 Å². The maximum Gasteiger partial charge on any atom is 0.245 e. The van der Waals surface area contributed by atoms with Crippen LogP contribution in [0.1, 0.15) is 31.1 Å². The number of rotatable bonds is 6. The first-order valence-corrected chi connectivity index (χ1v) is 9.97. The van der Waals surface area contributed by atoms with Crippen LogP contribution in [0.3, 0.4) is 0 Å². The van der Waals surface area contributed by atoms with Crippen molar-refractivity contribution in [2.45, 2.75) is 37.6 Å². The van der Waals surface area contributed by atoms with E-state index < -0.39 is 10.0 Å². The Labute approximate surface area is 133 Å². The predicted molar refractivity (Wildman–Crippen MR) is 86.6 cm³/mol. The monoisotopic (exact) mass is 380 g/mol. The van der Waals surface area contributed by atoms with Gasteiger partial charge in [-0.2, -0.15) is 4.31 Å². The molecule has 1 aliphatic heterocycles. The number of hydrogen-bond donors (Lipinski definition) is 1. The minimum atomic E-state index is -3.35. The van der Waals surface area contributed by atoms with Crippen LogP contribution in [0.5, 0.6) is 0 Å². The molecule has 0 radical (unpaired) electrons. The van der Waals surface area contributed by atoms with E-state index in [9.17, 15) is 8.42 Å². The highest BCUT2D eigenvalue weighted by molar-refractivity contribution is 9.11. The highest BCUT2D eigenvalue weighted by Crippen LogP contribution is 2.35. The molecular weight excluding hydrogens is 360 g/mol. The standard InChI is InChI=1S/C13H21BrN2O2S2/c1-3-4-10-5-6-16(9-10)20(17,18)12-7-11(8-15-2)19-13(12)14/h7,10,15H,3-6,8-9H2,1-2H3. The van der Waals surface area contributed by atoms with Gasteiger partial charge in [0.1, 0.15) is 4.90 Å². The highest BCUT2D eigenvalue weighted by atomic mass is 79.9. The first-order chi connectivity index (χ1) is 9.48. The Bertz CT molecular complexity index is 557. The van der Waals surface area contributed by atoms with Gasteiger partial charge in [0.15, 0.2) is 0 Å². The average molecular weight is 381 g/mol. The van der Waals surface area contributed by atoms with Gasteiger partial charge < -0.3 is 5.32 Å². The van der Waals surface area contributed by atoms with Gasteiger partial charge in [0.25, 0.3) is 0 Å². The summed E-state index contributed by atoms with van der Waals surface area (Å²) >= 11 is 4.88. The number of hydrogen-bond acceptors (Lipinski definition) is 4. The van der Waals surface area contributed by atoms with Crippen molar-refractivity contribution in [2.24, 2.45) is 5.92 Å². The Kier molecular flexibility index (Phi) is 5.64. The van der Waals surface area contributed by atoms with Crippen LogP contribution in [0.4, 0.5) is 0 Å². The van der Waals surface area contributed by atoms with Crippen molar-refractivity contribution in [1.29, 1.82) is 0 Å². The van der Waals surface area contributed by atoms with E-state index in [0.717, 1.165) is 24.1 Å². The number of nitrogens with zero attached hydrogens (tertiary/aromatic N) is 1. The fourth-order valence-electron chi connectivity index (χ4n) is 2.63. The van der Waals surface area contributed by atoms with Gasteiger partial charge in [0.2, 0.25) is 10.0 Å². The molecule has 1 atom stereocenters.